The predicted octanol–water partition coefficient (Wildman–Crippen LogP) is -6.14. The van der Waals surface area contributed by atoms with Crippen LogP contribution in [0, 0.1) is 0 Å². The Labute approximate surface area is 69.7 Å². The van der Waals surface area contributed by atoms with Gasteiger partial charge in [-0.3, -0.25) is 0 Å². The van der Waals surface area contributed by atoms with E-state index in [0.717, 1.165) is 0 Å². The average molecular weight is 176 g/mol. The number of hydrogen-bond donors (Lipinski definition) is 0. The first-order chi connectivity index (χ1) is 3.46. The van der Waals surface area contributed by atoms with Gasteiger partial charge in [-0.1, -0.05) is 0 Å². The molecule has 0 amide bonds. The second-order valence-corrected chi connectivity index (χ2v) is 1.50. The fraction of sp³-hybridized carbons (Fsp3) is 0. The van der Waals surface area contributed by atoms with Crippen molar-refractivity contribution in [3.63, 3.8) is 0 Å². The minimum atomic E-state index is -3.63. The van der Waals surface area contributed by atoms with Crippen LogP contribution in [0.3, 0.4) is 0 Å². The van der Waals surface area contributed by atoms with Gasteiger partial charge in [0.15, 0.2) is 0 Å². The molecule has 0 unspecified atom stereocenters. The Balaban J connectivity index is -0.0000000720. The van der Waals surface area contributed by atoms with Gasteiger partial charge in [0.1, 0.15) is 0 Å². The molecule has 0 saturated carbocycles. The summed E-state index contributed by atoms with van der Waals surface area (Å²) in [7, 11) is -7.26. The van der Waals surface area contributed by atoms with Crippen molar-refractivity contribution in [3.05, 3.63) is 0 Å². The van der Waals surface area contributed by atoms with Gasteiger partial charge in [-0.15, -0.1) is 0 Å². The summed E-state index contributed by atoms with van der Waals surface area (Å²) in [5.41, 5.74) is 0. The van der Waals surface area contributed by atoms with Crippen LogP contribution in [0.1, 0.15) is 0 Å². The second-order valence-electron chi connectivity index (χ2n) is 0.500. The third kappa shape index (κ3) is 5840000000000000327795391544164352. The van der Waals surface area contributed by atoms with Crippen molar-refractivity contribution in [1.82, 2.24) is 0 Å². The van der Waals surface area contributed by atoms with E-state index in [9.17, 15) is 0 Å². The summed E-state index contributed by atoms with van der Waals surface area (Å²) in [6.45, 7) is 0. The zero-order chi connectivity index (χ0) is 7.15. The molecule has 9 heteroatoms. The number of hydrogen-bond acceptors (Lipinski definition) is 6. The third-order valence-corrected chi connectivity index (χ3v) is 0. The van der Waals surface area contributed by atoms with Crippen molar-refractivity contribution >= 4 is 41.4 Å². The van der Waals surface area contributed by atoms with Gasteiger partial charge >= 0.3 is 23.1 Å². The molecule has 6 nitrogen and oxygen atoms in total. The molecule has 0 heterocycles. The molecule has 0 aliphatic carbocycles. The van der Waals surface area contributed by atoms with Crippen molar-refractivity contribution in [2.45, 2.75) is 0 Å². The smallest absolute Gasteiger partial charge is 0.672 e. The average Bonchev–Trinajstić information content (AvgIpc) is 1.25. The maximum atomic E-state index is 8.52. The van der Waals surface area contributed by atoms with E-state index in [1.165, 1.54) is 0 Å². The van der Waals surface area contributed by atoms with E-state index in [1.807, 2.05) is 0 Å². The first-order valence-electron chi connectivity index (χ1n) is 1.22. The van der Waals surface area contributed by atoms with Gasteiger partial charge in [-0.25, -0.2) is 0 Å². The third-order valence-electron chi connectivity index (χ3n) is 0. The molecular weight excluding hydrogens is 176 g/mol. The Morgan fingerprint density at radius 3 is 0.778 bits per heavy atom. The molecule has 0 aromatic rings. The van der Waals surface area contributed by atoms with Gasteiger partial charge in [-0.05, 0) is 0 Å². The van der Waals surface area contributed by atoms with Gasteiger partial charge in [-0.2, -0.15) is 0 Å². The summed E-state index contributed by atoms with van der Waals surface area (Å²) < 4.78 is 17.0. The zero-order valence-corrected chi connectivity index (χ0v) is 7.57. The van der Waals surface area contributed by atoms with Crippen LogP contribution in [0.5, 0.6) is 0 Å². The quantitative estimate of drug-likeness (QED) is 0.338. The van der Waals surface area contributed by atoms with E-state index in [4.69, 9.17) is 28.1 Å². The number of rotatable bonds is 0. The largest absolute Gasteiger partial charge is 2.00 e. The Bertz CT molecular complexity index is 69.1. The molecule has 0 N–H and O–H groups in total. The van der Waals surface area contributed by atoms with E-state index in [2.05, 4.69) is 0 Å². The van der Waals surface area contributed by atoms with E-state index >= 15 is 0 Å². The van der Waals surface area contributed by atoms with Gasteiger partial charge in [0.05, 0.1) is 0 Å². The molecule has 0 aromatic carbocycles. The van der Waals surface area contributed by atoms with E-state index in [-0.39, 0.29) is 23.1 Å². The Morgan fingerprint density at radius 1 is 0.778 bits per heavy atom. The summed E-state index contributed by atoms with van der Waals surface area (Å²) in [6, 6.07) is 0. The minimum absolute atomic E-state index is 0. The maximum Gasteiger partial charge on any atom is 2.00 e. The maximum absolute atomic E-state index is 8.52. The second kappa shape index (κ2) is 10.9. The zero-order valence-electron chi connectivity index (χ0n) is 4.16. The van der Waals surface area contributed by atoms with E-state index in [1.54, 1.807) is 0 Å². The summed E-state index contributed by atoms with van der Waals surface area (Å²) in [5, 5.41) is 0. The van der Waals surface area contributed by atoms with Gasteiger partial charge in [0, 0.05) is 18.3 Å². The van der Waals surface area contributed by atoms with Gasteiger partial charge < -0.3 is 28.1 Å². The van der Waals surface area contributed by atoms with Crippen molar-refractivity contribution < 1.29 is 28.1 Å². The van der Waals surface area contributed by atoms with Crippen LogP contribution >= 0.6 is 0 Å². The van der Waals surface area contributed by atoms with Crippen molar-refractivity contribution in [2.24, 2.45) is 0 Å². The van der Waals surface area contributed by atoms with Crippen LogP contribution in [-0.4, -0.2) is 41.4 Å². The first kappa shape index (κ1) is 16.0. The standard InChI is InChI=1S/Mg.2O3Si/c;2*1-4(2)3/q+2;2*-2. The molecule has 0 aliphatic rings. The van der Waals surface area contributed by atoms with E-state index in [0.29, 0.717) is 0 Å². The molecule has 0 aromatic heterocycles. The molecule has 48 valence electrons. The molecule has 9 heavy (non-hydrogen) atoms. The van der Waals surface area contributed by atoms with Crippen LogP contribution < -0.4 is 19.2 Å². The molecular formula is MgO6Si2-2. The minimum Gasteiger partial charge on any atom is -0.672 e. The fourth-order valence-corrected chi connectivity index (χ4v) is 0. The summed E-state index contributed by atoms with van der Waals surface area (Å²) in [4.78, 5) is 34.1. The van der Waals surface area contributed by atoms with Crippen LogP contribution in [0.25, 0.3) is 0 Å². The molecule has 0 spiro atoms. The van der Waals surface area contributed by atoms with Crippen molar-refractivity contribution in [1.29, 1.82) is 0 Å². The summed E-state index contributed by atoms with van der Waals surface area (Å²) in [5.74, 6) is 0. The summed E-state index contributed by atoms with van der Waals surface area (Å²) in [6.07, 6.45) is 0. The molecule has 0 radical (unpaired) electrons. The summed E-state index contributed by atoms with van der Waals surface area (Å²) >= 11 is 0. The first-order valence-corrected chi connectivity index (χ1v) is 3.67. The van der Waals surface area contributed by atoms with Crippen LogP contribution in [0.15, 0.2) is 0 Å². The van der Waals surface area contributed by atoms with Crippen LogP contribution in [0.4, 0.5) is 0 Å². The van der Waals surface area contributed by atoms with Crippen molar-refractivity contribution in [3.8, 4) is 0 Å². The molecule has 0 rings (SSSR count). The van der Waals surface area contributed by atoms with Gasteiger partial charge in [0.2, 0.25) is 0 Å². The monoisotopic (exact) mass is 176 g/mol. The Kier molecular flexibility index (Phi) is 19.4. The van der Waals surface area contributed by atoms with Gasteiger partial charge in [0.25, 0.3) is 0 Å². The topological polar surface area (TPSA) is 126 Å². The Hall–Kier alpha value is 0.000000000000000222. The van der Waals surface area contributed by atoms with Crippen LogP contribution in [-0.2, 0) is 8.92 Å². The SMILES string of the molecule is O=[Si]([O-])[O-].O=[Si]([O-])[O-].[Mg+2]. The Morgan fingerprint density at radius 2 is 0.778 bits per heavy atom. The molecule has 0 bridgehead atoms. The van der Waals surface area contributed by atoms with E-state index < -0.39 is 18.3 Å². The normalized spacial score (nSPS) is 5.33. The molecule has 0 atom stereocenters. The predicted molar refractivity (Wildman–Crippen MR) is 18.6 cm³/mol. The molecule has 0 saturated heterocycles. The van der Waals surface area contributed by atoms with Crippen molar-refractivity contribution in [2.75, 3.05) is 0 Å². The fourth-order valence-electron chi connectivity index (χ4n) is 0. The molecule has 0 fully saturated rings. The van der Waals surface area contributed by atoms with Crippen LogP contribution in [0.2, 0.25) is 0 Å². The molecule has 0 aliphatic heterocycles.